The van der Waals surface area contributed by atoms with Crippen LogP contribution in [0.2, 0.25) is 0 Å². The van der Waals surface area contributed by atoms with Crippen molar-refractivity contribution in [2.45, 2.75) is 44.6 Å². The summed E-state index contributed by atoms with van der Waals surface area (Å²) in [5, 5.41) is 12.0. The first-order valence-electron chi connectivity index (χ1n) is 7.20. The van der Waals surface area contributed by atoms with Crippen molar-refractivity contribution in [3.63, 3.8) is 0 Å². The molecule has 114 valence electrons. The molecule has 5 nitrogen and oxygen atoms in total. The van der Waals surface area contributed by atoms with Crippen molar-refractivity contribution in [3.8, 4) is 0 Å². The minimum absolute atomic E-state index is 0.0436. The zero-order valence-electron chi connectivity index (χ0n) is 11.7. The van der Waals surface area contributed by atoms with Gasteiger partial charge in [0, 0.05) is 18.5 Å². The Balaban J connectivity index is 2.00. The smallest absolute Gasteiger partial charge is 0.326 e. The number of nitrogens with one attached hydrogen (secondary N) is 1. The van der Waals surface area contributed by atoms with Gasteiger partial charge in [-0.25, -0.2) is 9.78 Å². The molecule has 2 N–H and O–H groups in total. The van der Waals surface area contributed by atoms with Crippen LogP contribution in [0, 0.1) is 5.92 Å². The van der Waals surface area contributed by atoms with E-state index in [0.717, 1.165) is 37.7 Å². The number of aromatic nitrogens is 1. The van der Waals surface area contributed by atoms with Gasteiger partial charge in [-0.15, -0.1) is 0 Å². The number of amides is 1. The summed E-state index contributed by atoms with van der Waals surface area (Å²) >= 11 is 3.30. The van der Waals surface area contributed by atoms with Crippen LogP contribution in [0.1, 0.15) is 37.7 Å². The van der Waals surface area contributed by atoms with Crippen LogP contribution in [0.4, 0.5) is 0 Å². The molecule has 21 heavy (non-hydrogen) atoms. The fourth-order valence-electron chi connectivity index (χ4n) is 2.65. The average Bonchev–Trinajstić information content (AvgIpc) is 2.49. The average molecular weight is 355 g/mol. The fraction of sp³-hybridized carbons (Fsp3) is 0.533. The molecule has 0 spiro atoms. The summed E-state index contributed by atoms with van der Waals surface area (Å²) in [6.07, 6.45) is 6.82. The molecule has 0 saturated heterocycles. The number of carbonyl (C=O) groups is 2. The van der Waals surface area contributed by atoms with Crippen molar-refractivity contribution in [2.24, 2.45) is 5.92 Å². The normalized spacial score (nSPS) is 17.2. The highest BCUT2D eigenvalue weighted by Gasteiger charge is 2.27. The largest absolute Gasteiger partial charge is 0.480 e. The van der Waals surface area contributed by atoms with Crippen LogP contribution in [0.3, 0.4) is 0 Å². The van der Waals surface area contributed by atoms with Gasteiger partial charge in [0.25, 0.3) is 0 Å². The second-order valence-corrected chi connectivity index (χ2v) is 6.14. The van der Waals surface area contributed by atoms with Crippen molar-refractivity contribution >= 4 is 27.8 Å². The van der Waals surface area contributed by atoms with Gasteiger partial charge in [-0.2, -0.15) is 0 Å². The molecule has 1 fully saturated rings. The third-order valence-corrected chi connectivity index (χ3v) is 4.56. The summed E-state index contributed by atoms with van der Waals surface area (Å²) < 4.78 is 0.614. The maximum Gasteiger partial charge on any atom is 0.326 e. The lowest BCUT2D eigenvalue weighted by molar-refractivity contribution is -0.142. The fourth-order valence-corrected chi connectivity index (χ4v) is 3.06. The van der Waals surface area contributed by atoms with Gasteiger partial charge >= 0.3 is 5.97 Å². The molecular weight excluding hydrogens is 336 g/mol. The number of hydrogen-bond acceptors (Lipinski definition) is 3. The molecule has 1 aliphatic carbocycles. The van der Waals surface area contributed by atoms with E-state index in [2.05, 4.69) is 26.2 Å². The van der Waals surface area contributed by atoms with E-state index in [9.17, 15) is 14.7 Å². The van der Waals surface area contributed by atoms with Gasteiger partial charge in [0.1, 0.15) is 10.6 Å². The number of aliphatic carboxylic acids is 1. The quantitative estimate of drug-likeness (QED) is 0.796. The maximum absolute atomic E-state index is 12.2. The Kier molecular flexibility index (Phi) is 5.73. The number of carbonyl (C=O) groups excluding carboxylic acids is 1. The van der Waals surface area contributed by atoms with Crippen molar-refractivity contribution in [1.82, 2.24) is 10.3 Å². The molecule has 1 saturated carbocycles. The third kappa shape index (κ3) is 4.52. The minimum Gasteiger partial charge on any atom is -0.480 e. The van der Waals surface area contributed by atoms with Crippen LogP contribution in [0.15, 0.2) is 22.9 Å². The van der Waals surface area contributed by atoms with Gasteiger partial charge in [0.05, 0.1) is 0 Å². The number of rotatable bonds is 5. The summed E-state index contributed by atoms with van der Waals surface area (Å²) in [6, 6.07) is 2.64. The molecule has 1 amide bonds. The first-order valence-corrected chi connectivity index (χ1v) is 8.00. The van der Waals surface area contributed by atoms with E-state index in [1.165, 1.54) is 0 Å². The molecule has 0 radical (unpaired) electrons. The zero-order valence-corrected chi connectivity index (χ0v) is 13.3. The third-order valence-electron chi connectivity index (χ3n) is 3.85. The lowest BCUT2D eigenvalue weighted by Gasteiger charge is -2.23. The highest BCUT2D eigenvalue weighted by Crippen LogP contribution is 2.24. The predicted octanol–water partition coefficient (Wildman–Crippen LogP) is 2.54. The Labute approximate surface area is 132 Å². The lowest BCUT2D eigenvalue weighted by atomic mass is 9.88. The maximum atomic E-state index is 12.2. The number of hydrogen-bond donors (Lipinski definition) is 2. The molecule has 6 heteroatoms. The van der Waals surface area contributed by atoms with E-state index in [1.54, 1.807) is 18.3 Å². The highest BCUT2D eigenvalue weighted by molar-refractivity contribution is 9.10. The molecule has 1 aliphatic rings. The van der Waals surface area contributed by atoms with Gasteiger partial charge in [0.2, 0.25) is 5.91 Å². The Morgan fingerprint density at radius 3 is 2.71 bits per heavy atom. The van der Waals surface area contributed by atoms with E-state index < -0.39 is 12.0 Å². The minimum atomic E-state index is -1.02. The van der Waals surface area contributed by atoms with Crippen LogP contribution in [-0.4, -0.2) is 28.0 Å². The summed E-state index contributed by atoms with van der Waals surface area (Å²) in [6.45, 7) is 0. The molecule has 0 bridgehead atoms. The SMILES string of the molecule is O=C(N[C@@H](Cc1cccnc1Br)C(=O)O)C1CCCCC1. The molecule has 1 atom stereocenters. The van der Waals surface area contributed by atoms with Gasteiger partial charge in [-0.3, -0.25) is 4.79 Å². The first kappa shape index (κ1) is 15.9. The Morgan fingerprint density at radius 2 is 2.10 bits per heavy atom. The summed E-state index contributed by atoms with van der Waals surface area (Å²) in [4.78, 5) is 27.6. The number of carboxylic acid groups (broad SMARTS) is 1. The van der Waals surface area contributed by atoms with Crippen molar-refractivity contribution < 1.29 is 14.7 Å². The molecule has 1 aromatic heterocycles. The number of halogens is 1. The monoisotopic (exact) mass is 354 g/mol. The van der Waals surface area contributed by atoms with E-state index in [-0.39, 0.29) is 18.2 Å². The van der Waals surface area contributed by atoms with Gasteiger partial charge in [-0.1, -0.05) is 25.3 Å². The number of nitrogens with zero attached hydrogens (tertiary/aromatic N) is 1. The molecular formula is C15H19BrN2O3. The number of pyridine rings is 1. The van der Waals surface area contributed by atoms with E-state index >= 15 is 0 Å². The van der Waals surface area contributed by atoms with Crippen molar-refractivity contribution in [2.75, 3.05) is 0 Å². The molecule has 0 aliphatic heterocycles. The first-order chi connectivity index (χ1) is 10.1. The van der Waals surface area contributed by atoms with E-state index in [1.807, 2.05) is 0 Å². The highest BCUT2D eigenvalue weighted by atomic mass is 79.9. The molecule has 2 rings (SSSR count). The second kappa shape index (κ2) is 7.54. The van der Waals surface area contributed by atoms with Crippen molar-refractivity contribution in [1.29, 1.82) is 0 Å². The Morgan fingerprint density at radius 1 is 1.38 bits per heavy atom. The molecule has 1 aromatic rings. The topological polar surface area (TPSA) is 79.3 Å². The summed E-state index contributed by atoms with van der Waals surface area (Å²) in [5.74, 6) is -1.20. The van der Waals surface area contributed by atoms with Crippen LogP contribution in [0.5, 0.6) is 0 Å². The zero-order chi connectivity index (χ0) is 15.2. The van der Waals surface area contributed by atoms with Crippen LogP contribution < -0.4 is 5.32 Å². The van der Waals surface area contributed by atoms with E-state index in [0.29, 0.717) is 4.60 Å². The predicted molar refractivity (Wildman–Crippen MR) is 81.8 cm³/mol. The Bertz CT molecular complexity index is 515. The van der Waals surface area contributed by atoms with Crippen LogP contribution in [-0.2, 0) is 16.0 Å². The van der Waals surface area contributed by atoms with Crippen LogP contribution in [0.25, 0.3) is 0 Å². The van der Waals surface area contributed by atoms with E-state index in [4.69, 9.17) is 0 Å². The molecule has 0 aromatic carbocycles. The number of carboxylic acids is 1. The second-order valence-electron chi connectivity index (χ2n) is 5.39. The van der Waals surface area contributed by atoms with Gasteiger partial charge in [-0.05, 0) is 40.4 Å². The lowest BCUT2D eigenvalue weighted by Crippen LogP contribution is -2.45. The van der Waals surface area contributed by atoms with Crippen molar-refractivity contribution in [3.05, 3.63) is 28.5 Å². The summed E-state index contributed by atoms with van der Waals surface area (Å²) in [5.41, 5.74) is 0.772. The summed E-state index contributed by atoms with van der Waals surface area (Å²) in [7, 11) is 0. The van der Waals surface area contributed by atoms with Gasteiger partial charge < -0.3 is 10.4 Å². The standard InChI is InChI=1S/C15H19BrN2O3/c16-13-11(7-4-8-17-13)9-12(15(20)21)18-14(19)10-5-2-1-3-6-10/h4,7-8,10,12H,1-3,5-6,9H2,(H,18,19)(H,20,21)/t12-/m0/s1. The molecule has 1 heterocycles. The van der Waals surface area contributed by atoms with Gasteiger partial charge in [0.15, 0.2) is 0 Å². The molecule has 0 unspecified atom stereocenters. The van der Waals surface area contributed by atoms with Crippen LogP contribution >= 0.6 is 15.9 Å². The Hall–Kier alpha value is -1.43.